The van der Waals surface area contributed by atoms with E-state index in [0.717, 1.165) is 35.8 Å². The molecule has 6 rings (SSSR count). The van der Waals surface area contributed by atoms with Crippen LogP contribution in [0.4, 0.5) is 11.6 Å². The number of fused-ring (bicyclic) bond motifs is 2. The number of pyridine rings is 1. The fourth-order valence-electron chi connectivity index (χ4n) is 5.07. The fourth-order valence-corrected chi connectivity index (χ4v) is 5.07. The first-order chi connectivity index (χ1) is 17.2. The topological polar surface area (TPSA) is 121 Å². The average molecular weight is 465 g/mol. The highest BCUT2D eigenvalue weighted by atomic mass is 16.2. The highest BCUT2D eigenvalue weighted by molar-refractivity contribution is 6.06. The van der Waals surface area contributed by atoms with Gasteiger partial charge in [0.2, 0.25) is 11.9 Å². The van der Waals surface area contributed by atoms with Crippen LogP contribution in [0.15, 0.2) is 48.9 Å². The Kier molecular flexibility index (Phi) is 5.34. The summed E-state index contributed by atoms with van der Waals surface area (Å²) in [7, 11) is 0. The molecule has 1 aliphatic carbocycles. The van der Waals surface area contributed by atoms with Crippen molar-refractivity contribution in [3.05, 3.63) is 71.3 Å². The van der Waals surface area contributed by atoms with Gasteiger partial charge < -0.3 is 10.6 Å². The molecule has 4 heterocycles. The third-order valence-electron chi connectivity index (χ3n) is 6.86. The van der Waals surface area contributed by atoms with E-state index in [-0.39, 0.29) is 5.91 Å². The molecule has 2 aliphatic rings. The number of anilines is 2. The molecule has 1 unspecified atom stereocenters. The number of hydrogen-bond acceptors (Lipinski definition) is 7. The number of nitriles is 1. The third kappa shape index (κ3) is 3.97. The van der Waals surface area contributed by atoms with E-state index in [4.69, 9.17) is 15.1 Å². The summed E-state index contributed by atoms with van der Waals surface area (Å²) >= 11 is 0. The summed E-state index contributed by atoms with van der Waals surface area (Å²) in [5, 5.41) is 21.2. The van der Waals surface area contributed by atoms with Crippen molar-refractivity contribution in [2.75, 3.05) is 17.2 Å². The van der Waals surface area contributed by atoms with E-state index in [1.54, 1.807) is 30.6 Å². The minimum atomic E-state index is -0.634. The van der Waals surface area contributed by atoms with Crippen molar-refractivity contribution in [2.24, 2.45) is 0 Å². The summed E-state index contributed by atoms with van der Waals surface area (Å²) in [4.78, 5) is 26.7. The van der Waals surface area contributed by atoms with Gasteiger partial charge in [0, 0.05) is 30.8 Å². The number of benzene rings is 1. The first kappa shape index (κ1) is 21.2. The van der Waals surface area contributed by atoms with Crippen molar-refractivity contribution in [3.63, 3.8) is 0 Å². The molecule has 9 heteroatoms. The number of carbonyl (C=O) groups excluding carboxylic acids is 1. The van der Waals surface area contributed by atoms with Gasteiger partial charge in [-0.1, -0.05) is 12.8 Å². The number of nitrogens with zero attached hydrogens (tertiary/aromatic N) is 6. The molecular formula is C26H24N8O. The minimum absolute atomic E-state index is 0.161. The normalized spacial score (nSPS) is 17.3. The molecule has 0 radical (unpaired) electrons. The second-order valence-corrected chi connectivity index (χ2v) is 9.09. The van der Waals surface area contributed by atoms with Crippen molar-refractivity contribution < 1.29 is 4.79 Å². The van der Waals surface area contributed by atoms with Crippen LogP contribution in [0.3, 0.4) is 0 Å². The molecule has 0 saturated heterocycles. The SMILES string of the molecule is N#Cc1ccc2c(c1)C(c1nc(NCCc3ccncc3)nc3nn(C4CCCC4)cc13)C(=O)N2. The quantitative estimate of drug-likeness (QED) is 0.443. The Bertz CT molecular complexity index is 1450. The molecule has 1 saturated carbocycles. The molecule has 1 aliphatic heterocycles. The van der Waals surface area contributed by atoms with Crippen LogP contribution >= 0.6 is 0 Å². The van der Waals surface area contributed by atoms with Crippen molar-refractivity contribution in [3.8, 4) is 6.07 Å². The number of aromatic nitrogens is 5. The molecule has 1 atom stereocenters. The summed E-state index contributed by atoms with van der Waals surface area (Å²) in [6, 6.07) is 11.7. The maximum Gasteiger partial charge on any atom is 0.238 e. The van der Waals surface area contributed by atoms with E-state index < -0.39 is 5.92 Å². The predicted molar refractivity (Wildman–Crippen MR) is 131 cm³/mol. The largest absolute Gasteiger partial charge is 0.354 e. The Morgan fingerprint density at radius 1 is 1.14 bits per heavy atom. The molecule has 1 amide bonds. The molecule has 35 heavy (non-hydrogen) atoms. The van der Waals surface area contributed by atoms with Crippen LogP contribution in [0.25, 0.3) is 11.0 Å². The smallest absolute Gasteiger partial charge is 0.238 e. The second-order valence-electron chi connectivity index (χ2n) is 9.09. The zero-order chi connectivity index (χ0) is 23.8. The monoisotopic (exact) mass is 464 g/mol. The molecule has 2 N–H and O–H groups in total. The standard InChI is InChI=1S/C26H24N8O/c27-14-17-5-6-21-19(13-17)22(25(35)30-21)23-20-15-34(18-3-1-2-4-18)33-24(20)32-26(31-23)29-12-9-16-7-10-28-11-8-16/h5-8,10-11,13,15,18,22H,1-4,9,12H2,(H,30,35)(H,29,32,33). The van der Waals surface area contributed by atoms with Crippen molar-refractivity contribution >= 4 is 28.6 Å². The average Bonchev–Trinajstić information content (AvgIpc) is 3.62. The third-order valence-corrected chi connectivity index (χ3v) is 6.86. The van der Waals surface area contributed by atoms with Crippen molar-refractivity contribution in [1.29, 1.82) is 5.26 Å². The lowest BCUT2D eigenvalue weighted by molar-refractivity contribution is -0.116. The van der Waals surface area contributed by atoms with E-state index in [1.165, 1.54) is 12.8 Å². The minimum Gasteiger partial charge on any atom is -0.354 e. The highest BCUT2D eigenvalue weighted by Gasteiger charge is 2.36. The summed E-state index contributed by atoms with van der Waals surface area (Å²) in [6.07, 6.45) is 10.9. The lowest BCUT2D eigenvalue weighted by atomic mass is 9.94. The lowest BCUT2D eigenvalue weighted by Crippen LogP contribution is -2.17. The fraction of sp³-hybridized carbons (Fsp3) is 0.308. The molecule has 9 nitrogen and oxygen atoms in total. The molecule has 174 valence electrons. The summed E-state index contributed by atoms with van der Waals surface area (Å²) in [6.45, 7) is 0.629. The van der Waals surface area contributed by atoms with E-state index >= 15 is 0 Å². The summed E-state index contributed by atoms with van der Waals surface area (Å²) in [5.74, 6) is -0.354. The summed E-state index contributed by atoms with van der Waals surface area (Å²) in [5.41, 5.74) is 4.31. The molecule has 0 bridgehead atoms. The lowest BCUT2D eigenvalue weighted by Gasteiger charge is -2.12. The number of carbonyl (C=O) groups is 1. The van der Waals surface area contributed by atoms with Gasteiger partial charge in [0.15, 0.2) is 5.65 Å². The van der Waals surface area contributed by atoms with Gasteiger partial charge in [0.25, 0.3) is 0 Å². The van der Waals surface area contributed by atoms with Crippen LogP contribution in [-0.2, 0) is 11.2 Å². The van der Waals surface area contributed by atoms with Crippen LogP contribution in [-0.4, -0.2) is 37.2 Å². The van der Waals surface area contributed by atoms with Gasteiger partial charge in [-0.2, -0.15) is 15.3 Å². The Morgan fingerprint density at radius 2 is 1.97 bits per heavy atom. The van der Waals surface area contributed by atoms with Crippen LogP contribution in [0.2, 0.25) is 0 Å². The van der Waals surface area contributed by atoms with Crippen LogP contribution in [0.1, 0.15) is 60.0 Å². The zero-order valence-electron chi connectivity index (χ0n) is 19.1. The Balaban J connectivity index is 1.41. The van der Waals surface area contributed by atoms with Gasteiger partial charge in [0.05, 0.1) is 28.8 Å². The van der Waals surface area contributed by atoms with Crippen LogP contribution < -0.4 is 10.6 Å². The van der Waals surface area contributed by atoms with Gasteiger partial charge in [-0.25, -0.2) is 4.98 Å². The zero-order valence-corrected chi connectivity index (χ0v) is 19.1. The highest BCUT2D eigenvalue weighted by Crippen LogP contribution is 2.40. The maximum atomic E-state index is 13.1. The van der Waals surface area contributed by atoms with E-state index in [0.29, 0.717) is 41.1 Å². The van der Waals surface area contributed by atoms with E-state index in [9.17, 15) is 10.1 Å². The Labute approximate surface area is 202 Å². The number of amides is 1. The van der Waals surface area contributed by atoms with Crippen LogP contribution in [0.5, 0.6) is 0 Å². The predicted octanol–water partition coefficient (Wildman–Crippen LogP) is 3.95. The Hall–Kier alpha value is -4.32. The van der Waals surface area contributed by atoms with Crippen LogP contribution in [0, 0.1) is 11.3 Å². The molecule has 1 fully saturated rings. The molecular weight excluding hydrogens is 440 g/mol. The van der Waals surface area contributed by atoms with Gasteiger partial charge >= 0.3 is 0 Å². The second kappa shape index (κ2) is 8.80. The molecule has 3 aromatic heterocycles. The first-order valence-electron chi connectivity index (χ1n) is 11.9. The van der Waals surface area contributed by atoms with E-state index in [2.05, 4.69) is 21.7 Å². The summed E-state index contributed by atoms with van der Waals surface area (Å²) < 4.78 is 2.00. The van der Waals surface area contributed by atoms with Gasteiger partial charge in [-0.15, -0.1) is 0 Å². The molecule has 1 aromatic carbocycles. The van der Waals surface area contributed by atoms with Crippen molar-refractivity contribution in [2.45, 2.75) is 44.1 Å². The van der Waals surface area contributed by atoms with Gasteiger partial charge in [-0.05, 0) is 60.7 Å². The first-order valence-corrected chi connectivity index (χ1v) is 11.9. The number of nitrogens with one attached hydrogen (secondary N) is 2. The maximum absolute atomic E-state index is 13.1. The van der Waals surface area contributed by atoms with Crippen molar-refractivity contribution in [1.82, 2.24) is 24.7 Å². The van der Waals surface area contributed by atoms with Gasteiger partial charge in [0.1, 0.15) is 5.92 Å². The molecule has 0 spiro atoms. The van der Waals surface area contributed by atoms with E-state index in [1.807, 2.05) is 23.0 Å². The number of rotatable bonds is 6. The molecule has 4 aromatic rings. The van der Waals surface area contributed by atoms with Gasteiger partial charge in [-0.3, -0.25) is 14.5 Å². The number of hydrogen-bond donors (Lipinski definition) is 2. The Morgan fingerprint density at radius 3 is 2.77 bits per heavy atom.